The molecule has 0 saturated carbocycles. The van der Waals surface area contributed by atoms with Crippen LogP contribution in [0.5, 0.6) is 5.75 Å². The van der Waals surface area contributed by atoms with E-state index in [1.165, 1.54) is 0 Å². The van der Waals surface area contributed by atoms with Gasteiger partial charge in [0.1, 0.15) is 5.75 Å². The van der Waals surface area contributed by atoms with Crippen LogP contribution in [0, 0.1) is 0 Å². The van der Waals surface area contributed by atoms with Crippen LogP contribution in [0.1, 0.15) is 11.3 Å². The molecule has 1 unspecified atom stereocenters. The fraction of sp³-hybridized carbons (Fsp3) is 0.353. The minimum atomic E-state index is -0.272. The van der Waals surface area contributed by atoms with Crippen LogP contribution in [0.3, 0.4) is 0 Å². The summed E-state index contributed by atoms with van der Waals surface area (Å²) in [5, 5.41) is 2.00. The van der Waals surface area contributed by atoms with E-state index in [-0.39, 0.29) is 30.8 Å². The number of anilines is 1. The van der Waals surface area contributed by atoms with Crippen molar-refractivity contribution in [3.8, 4) is 5.75 Å². The summed E-state index contributed by atoms with van der Waals surface area (Å²) in [4.78, 5) is 15.6. The molecule has 7 heteroatoms. The van der Waals surface area contributed by atoms with E-state index >= 15 is 0 Å². The molecule has 0 spiro atoms. The predicted octanol–water partition coefficient (Wildman–Crippen LogP) is 3.08. The standard InChI is InChI=1S/C17H22N2O3S.ClH/c1-21-14-7-5-13(6-8-14)19(12-16-4-3-9-23-16)17(20)10-15(11-18)22-2;/h3-9,15H,10-12,18H2,1-2H3;1H. The maximum Gasteiger partial charge on any atom is 0.229 e. The molecule has 0 aliphatic heterocycles. The molecule has 0 bridgehead atoms. The molecule has 0 radical (unpaired) electrons. The van der Waals surface area contributed by atoms with Crippen molar-refractivity contribution in [3.63, 3.8) is 0 Å². The number of hydrogen-bond donors (Lipinski definition) is 1. The number of carbonyl (C=O) groups is 1. The van der Waals surface area contributed by atoms with Gasteiger partial charge in [-0.05, 0) is 35.7 Å². The highest BCUT2D eigenvalue weighted by molar-refractivity contribution is 7.09. The Balaban J connectivity index is 0.00000288. The van der Waals surface area contributed by atoms with Crippen molar-refractivity contribution < 1.29 is 14.3 Å². The van der Waals surface area contributed by atoms with Gasteiger partial charge in [-0.25, -0.2) is 0 Å². The smallest absolute Gasteiger partial charge is 0.229 e. The predicted molar refractivity (Wildman–Crippen MR) is 100 cm³/mol. The maximum atomic E-state index is 12.7. The van der Waals surface area contributed by atoms with Crippen molar-refractivity contribution >= 4 is 35.3 Å². The number of carbonyl (C=O) groups excluding carboxylic acids is 1. The number of amides is 1. The summed E-state index contributed by atoms with van der Waals surface area (Å²) in [7, 11) is 3.19. The lowest BCUT2D eigenvalue weighted by molar-refractivity contribution is -0.121. The highest BCUT2D eigenvalue weighted by Crippen LogP contribution is 2.23. The molecular formula is C17H23ClN2O3S. The van der Waals surface area contributed by atoms with E-state index in [1.54, 1.807) is 30.5 Å². The molecule has 0 aliphatic carbocycles. The van der Waals surface area contributed by atoms with Crippen LogP contribution in [0.25, 0.3) is 0 Å². The van der Waals surface area contributed by atoms with Crippen LogP contribution in [0.4, 0.5) is 5.69 Å². The van der Waals surface area contributed by atoms with Crippen LogP contribution < -0.4 is 15.4 Å². The van der Waals surface area contributed by atoms with E-state index in [4.69, 9.17) is 15.2 Å². The molecular weight excluding hydrogens is 348 g/mol. The molecule has 2 N–H and O–H groups in total. The first kappa shape index (κ1) is 20.4. The lowest BCUT2D eigenvalue weighted by Crippen LogP contribution is -2.35. The molecule has 1 amide bonds. The Hall–Kier alpha value is -1.60. The third-order valence-electron chi connectivity index (χ3n) is 3.58. The van der Waals surface area contributed by atoms with Crippen LogP contribution >= 0.6 is 23.7 Å². The average Bonchev–Trinajstić information content (AvgIpc) is 3.10. The number of methoxy groups -OCH3 is 2. The van der Waals surface area contributed by atoms with E-state index < -0.39 is 0 Å². The Bertz CT molecular complexity index is 601. The van der Waals surface area contributed by atoms with Gasteiger partial charge in [-0.3, -0.25) is 4.79 Å². The third-order valence-corrected chi connectivity index (χ3v) is 4.44. The largest absolute Gasteiger partial charge is 0.497 e. The van der Waals surface area contributed by atoms with Crippen LogP contribution in [-0.4, -0.2) is 32.8 Å². The van der Waals surface area contributed by atoms with Gasteiger partial charge in [-0.2, -0.15) is 0 Å². The number of nitrogens with zero attached hydrogens (tertiary/aromatic N) is 1. The molecule has 132 valence electrons. The van der Waals surface area contributed by atoms with Gasteiger partial charge in [-0.15, -0.1) is 23.7 Å². The van der Waals surface area contributed by atoms with Crippen molar-refractivity contribution in [2.24, 2.45) is 5.73 Å². The number of halogens is 1. The zero-order valence-electron chi connectivity index (χ0n) is 13.8. The van der Waals surface area contributed by atoms with Gasteiger partial charge in [0.2, 0.25) is 5.91 Å². The Kier molecular flexibility index (Phi) is 8.78. The first-order valence-corrected chi connectivity index (χ1v) is 8.25. The van der Waals surface area contributed by atoms with Gasteiger partial charge in [0.25, 0.3) is 0 Å². The molecule has 2 rings (SSSR count). The maximum absolute atomic E-state index is 12.7. The second-order valence-corrected chi connectivity index (χ2v) is 6.09. The molecule has 0 saturated heterocycles. The number of benzene rings is 1. The minimum Gasteiger partial charge on any atom is -0.497 e. The van der Waals surface area contributed by atoms with E-state index in [0.29, 0.717) is 13.1 Å². The van der Waals surface area contributed by atoms with Gasteiger partial charge in [0, 0.05) is 24.2 Å². The summed E-state index contributed by atoms with van der Waals surface area (Å²) in [6.07, 6.45) is -0.0173. The monoisotopic (exact) mass is 370 g/mol. The minimum absolute atomic E-state index is 0. The van der Waals surface area contributed by atoms with E-state index in [1.807, 2.05) is 41.8 Å². The van der Waals surface area contributed by atoms with Gasteiger partial charge in [-0.1, -0.05) is 6.07 Å². The van der Waals surface area contributed by atoms with E-state index in [2.05, 4.69) is 0 Å². The molecule has 0 aliphatic rings. The lowest BCUT2D eigenvalue weighted by Gasteiger charge is -2.24. The molecule has 0 fully saturated rings. The average molecular weight is 371 g/mol. The summed E-state index contributed by atoms with van der Waals surface area (Å²) < 4.78 is 10.4. The first-order chi connectivity index (χ1) is 11.2. The number of ether oxygens (including phenoxy) is 2. The van der Waals surface area contributed by atoms with E-state index in [0.717, 1.165) is 16.3 Å². The second-order valence-electron chi connectivity index (χ2n) is 5.05. The summed E-state index contributed by atoms with van der Waals surface area (Å²) in [5.74, 6) is 0.745. The summed E-state index contributed by atoms with van der Waals surface area (Å²) in [6.45, 7) is 0.849. The zero-order chi connectivity index (χ0) is 16.7. The van der Waals surface area contributed by atoms with Gasteiger partial charge in [0.05, 0.1) is 26.2 Å². The molecule has 24 heavy (non-hydrogen) atoms. The molecule has 1 aromatic carbocycles. The van der Waals surface area contributed by atoms with Gasteiger partial charge in [0.15, 0.2) is 0 Å². The van der Waals surface area contributed by atoms with Crippen molar-refractivity contribution in [2.75, 3.05) is 25.7 Å². The molecule has 2 aromatic rings. The highest BCUT2D eigenvalue weighted by atomic mass is 35.5. The molecule has 5 nitrogen and oxygen atoms in total. The summed E-state index contributed by atoms with van der Waals surface area (Å²) >= 11 is 1.63. The van der Waals surface area contributed by atoms with Crippen molar-refractivity contribution in [2.45, 2.75) is 19.1 Å². The Morgan fingerprint density at radius 2 is 1.96 bits per heavy atom. The normalized spacial score (nSPS) is 11.5. The Labute approximate surface area is 152 Å². The lowest BCUT2D eigenvalue weighted by atomic mass is 10.2. The van der Waals surface area contributed by atoms with Crippen LogP contribution in [-0.2, 0) is 16.1 Å². The van der Waals surface area contributed by atoms with Crippen molar-refractivity contribution in [1.82, 2.24) is 0 Å². The number of thiophene rings is 1. The zero-order valence-corrected chi connectivity index (χ0v) is 15.4. The van der Waals surface area contributed by atoms with E-state index in [9.17, 15) is 4.79 Å². The number of nitrogens with two attached hydrogens (primary N) is 1. The topological polar surface area (TPSA) is 64.8 Å². The quantitative estimate of drug-likeness (QED) is 0.775. The van der Waals surface area contributed by atoms with Crippen molar-refractivity contribution in [1.29, 1.82) is 0 Å². The van der Waals surface area contributed by atoms with Gasteiger partial charge >= 0.3 is 0 Å². The third kappa shape index (κ3) is 5.49. The number of hydrogen-bond acceptors (Lipinski definition) is 5. The SMILES string of the molecule is COc1ccc(N(Cc2cccs2)C(=O)CC(CN)OC)cc1.Cl. The number of rotatable bonds is 8. The Morgan fingerprint density at radius 1 is 1.25 bits per heavy atom. The fourth-order valence-corrected chi connectivity index (χ4v) is 2.90. The first-order valence-electron chi connectivity index (χ1n) is 7.37. The highest BCUT2D eigenvalue weighted by Gasteiger charge is 2.20. The van der Waals surface area contributed by atoms with Gasteiger partial charge < -0.3 is 20.1 Å². The van der Waals surface area contributed by atoms with Crippen LogP contribution in [0.15, 0.2) is 41.8 Å². The van der Waals surface area contributed by atoms with Crippen molar-refractivity contribution in [3.05, 3.63) is 46.7 Å². The summed E-state index contributed by atoms with van der Waals surface area (Å²) in [6, 6.07) is 11.5. The molecule has 1 heterocycles. The molecule has 1 aromatic heterocycles. The fourth-order valence-electron chi connectivity index (χ4n) is 2.21. The van der Waals surface area contributed by atoms with Crippen LogP contribution in [0.2, 0.25) is 0 Å². The molecule has 1 atom stereocenters. The Morgan fingerprint density at radius 3 is 2.46 bits per heavy atom. The second kappa shape index (κ2) is 10.3. The summed E-state index contributed by atoms with van der Waals surface area (Å²) in [5.41, 5.74) is 6.46.